The molecule has 0 aromatic heterocycles. The number of nitrogens with one attached hydrogen (secondary N) is 2. The van der Waals surface area contributed by atoms with E-state index < -0.39 is 0 Å². The Balaban J connectivity index is 1.70. The first-order valence-corrected chi connectivity index (χ1v) is 7.33. The van der Waals surface area contributed by atoms with Crippen molar-refractivity contribution in [2.45, 2.75) is 38.1 Å². The summed E-state index contributed by atoms with van der Waals surface area (Å²) in [4.78, 5) is 11.8. The lowest BCUT2D eigenvalue weighted by Crippen LogP contribution is -2.29. The molecule has 1 aromatic carbocycles. The summed E-state index contributed by atoms with van der Waals surface area (Å²) >= 11 is 3.42. The molecular weight excluding hydrogens is 292 g/mol. The van der Waals surface area contributed by atoms with Crippen molar-refractivity contribution in [3.05, 3.63) is 28.7 Å². The Kier molecular flexibility index (Phi) is 5.20. The Morgan fingerprint density at radius 3 is 2.72 bits per heavy atom. The quantitative estimate of drug-likeness (QED) is 0.876. The summed E-state index contributed by atoms with van der Waals surface area (Å²) in [7, 11) is 0. The molecule has 2 N–H and O–H groups in total. The predicted molar refractivity (Wildman–Crippen MR) is 77.6 cm³/mol. The maximum absolute atomic E-state index is 11.8. The molecule has 98 valence electrons. The summed E-state index contributed by atoms with van der Waals surface area (Å²) in [6, 6.07) is 8.29. The van der Waals surface area contributed by atoms with Crippen LogP contribution >= 0.6 is 15.9 Å². The minimum Gasteiger partial charge on any atom is -0.325 e. The Hall–Kier alpha value is -0.870. The normalized spacial score (nSPS) is 15.8. The number of carbonyl (C=O) groups excluding carboxylic acids is 1. The molecule has 0 unspecified atom stereocenters. The highest BCUT2D eigenvalue weighted by atomic mass is 79.9. The lowest BCUT2D eigenvalue weighted by Gasteiger charge is -2.12. The van der Waals surface area contributed by atoms with Crippen LogP contribution in [-0.4, -0.2) is 18.5 Å². The highest BCUT2D eigenvalue weighted by Gasteiger charge is 2.14. The number of benzene rings is 1. The zero-order valence-corrected chi connectivity index (χ0v) is 12.0. The molecule has 1 saturated carbocycles. The van der Waals surface area contributed by atoms with Crippen molar-refractivity contribution in [2.75, 3.05) is 11.9 Å². The molecule has 1 aromatic rings. The number of anilines is 1. The van der Waals surface area contributed by atoms with Gasteiger partial charge in [-0.2, -0.15) is 0 Å². The van der Waals surface area contributed by atoms with Crippen LogP contribution < -0.4 is 10.6 Å². The Morgan fingerprint density at radius 2 is 2.00 bits per heavy atom. The van der Waals surface area contributed by atoms with Gasteiger partial charge < -0.3 is 10.6 Å². The van der Waals surface area contributed by atoms with Gasteiger partial charge >= 0.3 is 0 Å². The van der Waals surface area contributed by atoms with Crippen molar-refractivity contribution >= 4 is 27.5 Å². The van der Waals surface area contributed by atoms with Crippen LogP contribution in [0.25, 0.3) is 0 Å². The fraction of sp³-hybridized carbons (Fsp3) is 0.500. The van der Waals surface area contributed by atoms with Crippen LogP contribution in [-0.2, 0) is 4.79 Å². The molecule has 0 bridgehead atoms. The van der Waals surface area contributed by atoms with E-state index in [0.717, 1.165) is 16.7 Å². The molecule has 0 atom stereocenters. The van der Waals surface area contributed by atoms with E-state index in [0.29, 0.717) is 12.5 Å². The third-order valence-corrected chi connectivity index (χ3v) is 3.98. The summed E-state index contributed by atoms with van der Waals surface area (Å²) in [5.74, 6) is 0.0624. The molecule has 0 heterocycles. The molecule has 0 spiro atoms. The Labute approximate surface area is 116 Å². The zero-order chi connectivity index (χ0) is 12.8. The molecule has 18 heavy (non-hydrogen) atoms. The summed E-state index contributed by atoms with van der Waals surface area (Å²) in [5, 5.41) is 6.35. The molecule has 0 saturated heterocycles. The van der Waals surface area contributed by atoms with Gasteiger partial charge in [0.15, 0.2) is 0 Å². The topological polar surface area (TPSA) is 41.1 Å². The average molecular weight is 311 g/mol. The molecule has 1 aliphatic rings. The van der Waals surface area contributed by atoms with Crippen LogP contribution in [0.3, 0.4) is 0 Å². The number of rotatable bonds is 5. The van der Waals surface area contributed by atoms with Crippen molar-refractivity contribution in [3.63, 3.8) is 0 Å². The molecule has 1 amide bonds. The average Bonchev–Trinajstić information content (AvgIpc) is 2.85. The van der Waals surface area contributed by atoms with Crippen LogP contribution in [0, 0.1) is 0 Å². The van der Waals surface area contributed by atoms with E-state index in [-0.39, 0.29) is 5.91 Å². The molecule has 1 fully saturated rings. The van der Waals surface area contributed by atoms with Gasteiger partial charge in [0, 0.05) is 23.5 Å². The SMILES string of the molecule is O=C(CCNC1CCCC1)Nc1ccccc1Br. The van der Waals surface area contributed by atoms with E-state index in [4.69, 9.17) is 0 Å². The molecule has 3 nitrogen and oxygen atoms in total. The number of para-hydroxylation sites is 1. The Bertz CT molecular complexity index is 403. The van der Waals surface area contributed by atoms with Gasteiger partial charge in [0.2, 0.25) is 5.91 Å². The van der Waals surface area contributed by atoms with Crippen LogP contribution in [0.5, 0.6) is 0 Å². The predicted octanol–water partition coefficient (Wildman–Crippen LogP) is 3.31. The van der Waals surface area contributed by atoms with Crippen molar-refractivity contribution in [2.24, 2.45) is 0 Å². The highest BCUT2D eigenvalue weighted by molar-refractivity contribution is 9.10. The largest absolute Gasteiger partial charge is 0.325 e. The molecule has 1 aliphatic carbocycles. The fourth-order valence-corrected chi connectivity index (χ4v) is 2.68. The summed E-state index contributed by atoms with van der Waals surface area (Å²) in [5.41, 5.74) is 0.836. The van der Waals surface area contributed by atoms with E-state index in [1.165, 1.54) is 25.7 Å². The first-order valence-electron chi connectivity index (χ1n) is 6.53. The van der Waals surface area contributed by atoms with E-state index in [1.54, 1.807) is 0 Å². The highest BCUT2D eigenvalue weighted by Crippen LogP contribution is 2.21. The van der Waals surface area contributed by atoms with Gasteiger partial charge in [-0.3, -0.25) is 4.79 Å². The summed E-state index contributed by atoms with van der Waals surface area (Å²) < 4.78 is 0.919. The Morgan fingerprint density at radius 1 is 1.28 bits per heavy atom. The van der Waals surface area contributed by atoms with Gasteiger partial charge in [0.1, 0.15) is 0 Å². The fourth-order valence-electron chi connectivity index (χ4n) is 2.30. The number of amides is 1. The van der Waals surface area contributed by atoms with E-state index in [1.807, 2.05) is 24.3 Å². The first-order chi connectivity index (χ1) is 8.75. The molecule has 4 heteroatoms. The second-order valence-corrected chi connectivity index (χ2v) is 5.57. The van der Waals surface area contributed by atoms with Gasteiger partial charge in [0.05, 0.1) is 5.69 Å². The van der Waals surface area contributed by atoms with Crippen LogP contribution in [0.15, 0.2) is 28.7 Å². The van der Waals surface area contributed by atoms with Crippen LogP contribution in [0.1, 0.15) is 32.1 Å². The van der Waals surface area contributed by atoms with Gasteiger partial charge in [0.25, 0.3) is 0 Å². The second kappa shape index (κ2) is 6.90. The van der Waals surface area contributed by atoms with Crippen molar-refractivity contribution in [1.82, 2.24) is 5.32 Å². The van der Waals surface area contributed by atoms with E-state index >= 15 is 0 Å². The lowest BCUT2D eigenvalue weighted by molar-refractivity contribution is -0.116. The number of carbonyl (C=O) groups is 1. The maximum atomic E-state index is 11.8. The first kappa shape index (κ1) is 13.6. The zero-order valence-electron chi connectivity index (χ0n) is 10.4. The van der Waals surface area contributed by atoms with Crippen molar-refractivity contribution < 1.29 is 4.79 Å². The molecule has 2 rings (SSSR count). The lowest BCUT2D eigenvalue weighted by atomic mass is 10.2. The summed E-state index contributed by atoms with van der Waals surface area (Å²) in [6.07, 6.45) is 5.68. The summed E-state index contributed by atoms with van der Waals surface area (Å²) in [6.45, 7) is 0.765. The standard InChI is InChI=1S/C14H19BrN2O/c15-12-7-3-4-8-13(12)17-14(18)9-10-16-11-5-1-2-6-11/h3-4,7-8,11,16H,1-2,5-6,9-10H2,(H,17,18). The number of hydrogen-bond acceptors (Lipinski definition) is 2. The van der Waals surface area contributed by atoms with Crippen LogP contribution in [0.4, 0.5) is 5.69 Å². The smallest absolute Gasteiger partial charge is 0.225 e. The monoisotopic (exact) mass is 310 g/mol. The van der Waals surface area contributed by atoms with Crippen LogP contribution in [0.2, 0.25) is 0 Å². The van der Waals surface area contributed by atoms with Crippen molar-refractivity contribution in [3.8, 4) is 0 Å². The third kappa shape index (κ3) is 4.10. The van der Waals surface area contributed by atoms with Gasteiger partial charge in [-0.25, -0.2) is 0 Å². The molecular formula is C14H19BrN2O. The van der Waals surface area contributed by atoms with E-state index in [9.17, 15) is 4.79 Å². The van der Waals surface area contributed by atoms with Gasteiger partial charge in [-0.05, 0) is 40.9 Å². The second-order valence-electron chi connectivity index (χ2n) is 4.71. The van der Waals surface area contributed by atoms with Gasteiger partial charge in [-0.1, -0.05) is 25.0 Å². The maximum Gasteiger partial charge on any atom is 0.225 e. The minimum absolute atomic E-state index is 0.0624. The molecule has 0 aliphatic heterocycles. The number of hydrogen-bond donors (Lipinski definition) is 2. The minimum atomic E-state index is 0.0624. The van der Waals surface area contributed by atoms with E-state index in [2.05, 4.69) is 26.6 Å². The third-order valence-electron chi connectivity index (χ3n) is 3.29. The van der Waals surface area contributed by atoms with Crippen molar-refractivity contribution in [1.29, 1.82) is 0 Å². The number of halogens is 1. The van der Waals surface area contributed by atoms with Gasteiger partial charge in [-0.15, -0.1) is 0 Å². The molecule has 0 radical (unpaired) electrons.